The van der Waals surface area contributed by atoms with Crippen molar-refractivity contribution in [1.82, 2.24) is 9.36 Å². The van der Waals surface area contributed by atoms with Gasteiger partial charge in [-0.25, -0.2) is 4.98 Å². The molecule has 5 heteroatoms. The second-order valence-corrected chi connectivity index (χ2v) is 5.19. The highest BCUT2D eigenvalue weighted by Crippen LogP contribution is 2.18. The quantitative estimate of drug-likeness (QED) is 0.885. The number of rotatable bonds is 5. The van der Waals surface area contributed by atoms with E-state index in [4.69, 9.17) is 4.42 Å². The lowest BCUT2D eigenvalue weighted by molar-refractivity contribution is 0.497. The summed E-state index contributed by atoms with van der Waals surface area (Å²) >= 11 is 1.42. The zero-order valence-corrected chi connectivity index (χ0v) is 11.1. The molecule has 0 saturated heterocycles. The molecule has 0 fully saturated rings. The van der Waals surface area contributed by atoms with Crippen molar-refractivity contribution in [2.75, 3.05) is 5.32 Å². The Bertz CT molecular complexity index is 450. The van der Waals surface area contributed by atoms with Crippen molar-refractivity contribution in [3.63, 3.8) is 0 Å². The summed E-state index contributed by atoms with van der Waals surface area (Å²) in [5.41, 5.74) is 0. The molecule has 0 radical (unpaired) electrons. The molecule has 1 atom stereocenters. The number of hydrogen-bond donors (Lipinski definition) is 1. The third kappa shape index (κ3) is 3.30. The third-order valence-electron chi connectivity index (χ3n) is 2.42. The molecule has 0 saturated carbocycles. The van der Waals surface area contributed by atoms with E-state index < -0.39 is 0 Å². The monoisotopic (exact) mass is 251 g/mol. The van der Waals surface area contributed by atoms with Crippen LogP contribution in [0.25, 0.3) is 0 Å². The fourth-order valence-corrected chi connectivity index (χ4v) is 2.34. The highest BCUT2D eigenvalue weighted by Gasteiger charge is 2.11. The summed E-state index contributed by atoms with van der Waals surface area (Å²) in [6.07, 6.45) is 2.55. The molecule has 0 aliphatic rings. The maximum atomic E-state index is 5.31. The summed E-state index contributed by atoms with van der Waals surface area (Å²) in [7, 11) is 0. The molecule has 17 heavy (non-hydrogen) atoms. The van der Waals surface area contributed by atoms with Crippen LogP contribution in [-0.4, -0.2) is 15.4 Å². The van der Waals surface area contributed by atoms with E-state index in [0.717, 1.165) is 23.1 Å². The second kappa shape index (κ2) is 5.31. The summed E-state index contributed by atoms with van der Waals surface area (Å²) < 4.78 is 9.62. The Morgan fingerprint density at radius 3 is 2.82 bits per heavy atom. The van der Waals surface area contributed by atoms with Gasteiger partial charge in [0.2, 0.25) is 5.13 Å². The maximum absolute atomic E-state index is 5.31. The molecule has 2 heterocycles. The number of nitrogens with zero attached hydrogens (tertiary/aromatic N) is 2. The molecule has 0 amide bonds. The molecule has 2 rings (SSSR count). The van der Waals surface area contributed by atoms with E-state index in [1.165, 1.54) is 11.5 Å². The topological polar surface area (TPSA) is 51.0 Å². The van der Waals surface area contributed by atoms with Crippen LogP contribution in [0, 0.1) is 0 Å². The molecule has 4 nitrogen and oxygen atoms in total. The minimum atomic E-state index is 0.286. The Hall–Kier alpha value is -1.36. The minimum Gasteiger partial charge on any atom is -0.469 e. The van der Waals surface area contributed by atoms with Gasteiger partial charge in [-0.05, 0) is 19.1 Å². The first-order valence-electron chi connectivity index (χ1n) is 5.77. The van der Waals surface area contributed by atoms with Crippen LogP contribution in [-0.2, 0) is 6.42 Å². The Balaban J connectivity index is 1.91. The lowest BCUT2D eigenvalue weighted by Crippen LogP contribution is -2.17. The molecule has 0 spiro atoms. The molecule has 0 aliphatic carbocycles. The molecule has 0 aromatic carbocycles. The first-order valence-corrected chi connectivity index (χ1v) is 6.55. The average molecular weight is 251 g/mol. The number of anilines is 1. The van der Waals surface area contributed by atoms with Crippen molar-refractivity contribution in [2.24, 2.45) is 0 Å². The molecule has 2 aromatic rings. The van der Waals surface area contributed by atoms with Gasteiger partial charge in [-0.3, -0.25) is 0 Å². The van der Waals surface area contributed by atoms with Gasteiger partial charge < -0.3 is 9.73 Å². The van der Waals surface area contributed by atoms with Crippen molar-refractivity contribution >= 4 is 16.7 Å². The van der Waals surface area contributed by atoms with Crippen LogP contribution in [0.1, 0.15) is 38.3 Å². The van der Waals surface area contributed by atoms with E-state index in [1.807, 2.05) is 12.1 Å². The van der Waals surface area contributed by atoms with Gasteiger partial charge in [-0.1, -0.05) is 13.8 Å². The summed E-state index contributed by atoms with van der Waals surface area (Å²) in [4.78, 5) is 4.44. The maximum Gasteiger partial charge on any atom is 0.202 e. The van der Waals surface area contributed by atoms with Crippen molar-refractivity contribution in [3.8, 4) is 0 Å². The number of aromatic nitrogens is 2. The highest BCUT2D eigenvalue weighted by atomic mass is 32.1. The molecule has 0 aliphatic heterocycles. The standard InChI is InChI=1S/C12H17N3OS/c1-8(2)11-14-12(17-15-11)13-9(3)7-10-5-4-6-16-10/h4-6,8-9H,7H2,1-3H3,(H,13,14,15). The molecule has 0 bridgehead atoms. The SMILES string of the molecule is CC(Cc1ccco1)Nc1nc(C(C)C)ns1. The van der Waals surface area contributed by atoms with Gasteiger partial charge in [0.05, 0.1) is 6.26 Å². The van der Waals surface area contributed by atoms with E-state index in [2.05, 4.69) is 35.4 Å². The molecular weight excluding hydrogens is 234 g/mol. The van der Waals surface area contributed by atoms with Crippen LogP contribution < -0.4 is 5.32 Å². The predicted molar refractivity (Wildman–Crippen MR) is 69.5 cm³/mol. The molecular formula is C12H17N3OS. The minimum absolute atomic E-state index is 0.286. The van der Waals surface area contributed by atoms with Crippen LogP contribution in [0.15, 0.2) is 22.8 Å². The van der Waals surface area contributed by atoms with Crippen molar-refractivity contribution in [3.05, 3.63) is 30.0 Å². The number of furan rings is 1. The van der Waals surface area contributed by atoms with Crippen LogP contribution >= 0.6 is 11.5 Å². The van der Waals surface area contributed by atoms with Crippen LogP contribution in [0.2, 0.25) is 0 Å². The van der Waals surface area contributed by atoms with E-state index in [9.17, 15) is 0 Å². The average Bonchev–Trinajstić information content (AvgIpc) is 2.88. The summed E-state index contributed by atoms with van der Waals surface area (Å²) in [5.74, 6) is 2.27. The van der Waals surface area contributed by atoms with E-state index in [1.54, 1.807) is 6.26 Å². The zero-order valence-electron chi connectivity index (χ0n) is 10.3. The smallest absolute Gasteiger partial charge is 0.202 e. The van der Waals surface area contributed by atoms with E-state index in [0.29, 0.717) is 5.92 Å². The van der Waals surface area contributed by atoms with Crippen LogP contribution in [0.3, 0.4) is 0 Å². The van der Waals surface area contributed by atoms with E-state index >= 15 is 0 Å². The van der Waals surface area contributed by atoms with Gasteiger partial charge >= 0.3 is 0 Å². The largest absolute Gasteiger partial charge is 0.469 e. The molecule has 1 unspecified atom stereocenters. The zero-order chi connectivity index (χ0) is 12.3. The highest BCUT2D eigenvalue weighted by molar-refractivity contribution is 7.09. The lowest BCUT2D eigenvalue weighted by Gasteiger charge is -2.10. The van der Waals surface area contributed by atoms with E-state index in [-0.39, 0.29) is 6.04 Å². The fraction of sp³-hybridized carbons (Fsp3) is 0.500. The molecule has 2 aromatic heterocycles. The van der Waals surface area contributed by atoms with Crippen molar-refractivity contribution < 1.29 is 4.42 Å². The van der Waals surface area contributed by atoms with Gasteiger partial charge in [-0.15, -0.1) is 0 Å². The lowest BCUT2D eigenvalue weighted by atomic mass is 10.2. The van der Waals surface area contributed by atoms with Crippen molar-refractivity contribution in [1.29, 1.82) is 0 Å². The predicted octanol–water partition coefficient (Wildman–Crippen LogP) is 3.30. The summed E-state index contributed by atoms with van der Waals surface area (Å²) in [5, 5.41) is 4.22. The van der Waals surface area contributed by atoms with Gasteiger partial charge in [0.25, 0.3) is 0 Å². The molecule has 92 valence electrons. The van der Waals surface area contributed by atoms with Crippen molar-refractivity contribution in [2.45, 2.75) is 39.2 Å². The van der Waals surface area contributed by atoms with Gasteiger partial charge in [-0.2, -0.15) is 4.37 Å². The Labute approximate surface area is 105 Å². The first kappa shape index (κ1) is 12.1. The second-order valence-electron chi connectivity index (χ2n) is 4.44. The molecule has 1 N–H and O–H groups in total. The van der Waals surface area contributed by atoms with Gasteiger partial charge in [0.1, 0.15) is 11.6 Å². The van der Waals surface area contributed by atoms with Gasteiger partial charge in [0.15, 0.2) is 0 Å². The Morgan fingerprint density at radius 2 is 2.24 bits per heavy atom. The Morgan fingerprint density at radius 1 is 1.41 bits per heavy atom. The third-order valence-corrected chi connectivity index (χ3v) is 3.08. The number of nitrogens with one attached hydrogen (secondary N) is 1. The normalized spacial score (nSPS) is 12.9. The fourth-order valence-electron chi connectivity index (χ4n) is 1.52. The van der Waals surface area contributed by atoms with Crippen LogP contribution in [0.4, 0.5) is 5.13 Å². The summed E-state index contributed by atoms with van der Waals surface area (Å²) in [6.45, 7) is 6.30. The first-order chi connectivity index (χ1) is 8.15. The van der Waals surface area contributed by atoms with Crippen LogP contribution in [0.5, 0.6) is 0 Å². The van der Waals surface area contributed by atoms with Gasteiger partial charge in [0, 0.05) is 29.9 Å². The Kier molecular flexibility index (Phi) is 3.78. The summed E-state index contributed by atoms with van der Waals surface area (Å²) in [6, 6.07) is 4.18. The number of hydrogen-bond acceptors (Lipinski definition) is 5.